The third kappa shape index (κ3) is 16.9. The van der Waals surface area contributed by atoms with Gasteiger partial charge in [0.2, 0.25) is 0 Å². The van der Waals surface area contributed by atoms with Crippen molar-refractivity contribution in [2.24, 2.45) is 10.8 Å². The Kier molecular flexibility index (Phi) is 19.5. The van der Waals surface area contributed by atoms with Crippen molar-refractivity contribution in [2.75, 3.05) is 52.9 Å². The second-order valence-corrected chi connectivity index (χ2v) is 12.2. The summed E-state index contributed by atoms with van der Waals surface area (Å²) in [5.41, 5.74) is -4.94. The van der Waals surface area contributed by atoms with Gasteiger partial charge in [-0.3, -0.25) is 15.4 Å². The number of allylic oxidation sites excluding steroid dienone is 1. The second kappa shape index (κ2) is 23.1. The Morgan fingerprint density at radius 2 is 0.768 bits per heavy atom. The van der Waals surface area contributed by atoms with Crippen LogP contribution in [0, 0.1) is 10.8 Å². The van der Waals surface area contributed by atoms with Crippen molar-refractivity contribution in [3.05, 3.63) is 87.6 Å². The zero-order chi connectivity index (χ0) is 42.4. The van der Waals surface area contributed by atoms with Gasteiger partial charge in [-0.05, 0) is 13.0 Å². The number of ketones is 1. The van der Waals surface area contributed by atoms with Gasteiger partial charge in [-0.15, -0.1) is 0 Å². The summed E-state index contributed by atoms with van der Waals surface area (Å²) in [5.74, 6) is -6.07. The number of esters is 6. The first-order valence-electron chi connectivity index (χ1n) is 16.3. The van der Waals surface area contributed by atoms with E-state index in [9.17, 15) is 43.2 Å². The van der Waals surface area contributed by atoms with E-state index in [0.717, 1.165) is 36.5 Å². The molecule has 2 N–H and O–H groups in total. The van der Waals surface area contributed by atoms with Gasteiger partial charge in [0.05, 0.1) is 6.42 Å². The summed E-state index contributed by atoms with van der Waals surface area (Å²) < 4.78 is 41.5. The Balaban J connectivity index is 3.42. The summed E-state index contributed by atoms with van der Waals surface area (Å²) in [5, 5.41) is 4.83. The van der Waals surface area contributed by atoms with Gasteiger partial charge >= 0.3 is 48.0 Å². The normalized spacial score (nSPS) is 13.0. The molecule has 19 nitrogen and oxygen atoms in total. The standard InChI is InChI=1S/C37H44N2O17/c1-8-27(41)49-17-35(18-50-28(42)9-2,19-51-29(43)10-3)23-55-33(47)38-37(15-25(7)14-26(40)16-37)39-34(48)56-24-36(20-52-30(44)11-4,21-53-31(45)12-5)22-54-32(46)13-6/h8-14H,1-6,15-24H2,7H3,(H,38,47)(H,39,48). The highest BCUT2D eigenvalue weighted by Crippen LogP contribution is 2.27. The summed E-state index contributed by atoms with van der Waals surface area (Å²) in [6, 6.07) is 0. The number of rotatable bonds is 24. The van der Waals surface area contributed by atoms with Crippen LogP contribution in [0.4, 0.5) is 9.59 Å². The molecule has 0 aliphatic heterocycles. The number of amides is 2. The molecule has 0 spiro atoms. The van der Waals surface area contributed by atoms with Gasteiger partial charge in [-0.2, -0.15) is 0 Å². The van der Waals surface area contributed by atoms with Crippen LogP contribution in [-0.4, -0.2) is 112 Å². The molecule has 19 heteroatoms. The van der Waals surface area contributed by atoms with E-state index < -0.39 is 130 Å². The molecule has 0 fully saturated rings. The average Bonchev–Trinajstić information content (AvgIpc) is 3.17. The Morgan fingerprint density at radius 1 is 0.518 bits per heavy atom. The van der Waals surface area contributed by atoms with E-state index in [1.165, 1.54) is 13.0 Å². The van der Waals surface area contributed by atoms with Crippen molar-refractivity contribution in [1.29, 1.82) is 0 Å². The van der Waals surface area contributed by atoms with Gasteiger partial charge in [0, 0.05) is 42.9 Å². The van der Waals surface area contributed by atoms with Crippen LogP contribution < -0.4 is 10.6 Å². The van der Waals surface area contributed by atoms with Crippen molar-refractivity contribution in [3.63, 3.8) is 0 Å². The van der Waals surface area contributed by atoms with Crippen LogP contribution in [0.5, 0.6) is 0 Å². The highest BCUT2D eigenvalue weighted by Gasteiger charge is 2.43. The van der Waals surface area contributed by atoms with Gasteiger partial charge in [0.15, 0.2) is 5.78 Å². The quantitative estimate of drug-likeness (QED) is 0.0612. The summed E-state index contributed by atoms with van der Waals surface area (Å²) in [6.45, 7) is 16.0. The Morgan fingerprint density at radius 3 is 1.00 bits per heavy atom. The van der Waals surface area contributed by atoms with Crippen LogP contribution in [-0.2, 0) is 71.5 Å². The molecule has 0 bridgehead atoms. The highest BCUT2D eigenvalue weighted by atomic mass is 16.6. The van der Waals surface area contributed by atoms with Crippen LogP contribution >= 0.6 is 0 Å². The van der Waals surface area contributed by atoms with Gasteiger partial charge in [-0.1, -0.05) is 45.0 Å². The van der Waals surface area contributed by atoms with Crippen molar-refractivity contribution >= 4 is 53.8 Å². The molecule has 0 atom stereocenters. The fourth-order valence-electron chi connectivity index (χ4n) is 4.52. The molecule has 0 aromatic carbocycles. The minimum Gasteiger partial charge on any atom is -0.462 e. The van der Waals surface area contributed by atoms with E-state index in [-0.39, 0.29) is 6.42 Å². The third-order valence-electron chi connectivity index (χ3n) is 7.29. The Labute approximate surface area is 322 Å². The molecule has 0 saturated heterocycles. The predicted octanol–water partition coefficient (Wildman–Crippen LogP) is 1.79. The molecule has 0 unspecified atom stereocenters. The minimum atomic E-state index is -1.91. The number of ether oxygens (including phenoxy) is 8. The smallest absolute Gasteiger partial charge is 0.409 e. The van der Waals surface area contributed by atoms with Crippen LogP contribution in [0.2, 0.25) is 0 Å². The van der Waals surface area contributed by atoms with Crippen LogP contribution in [0.15, 0.2) is 87.6 Å². The van der Waals surface area contributed by atoms with E-state index >= 15 is 0 Å². The zero-order valence-corrected chi connectivity index (χ0v) is 30.8. The van der Waals surface area contributed by atoms with Crippen LogP contribution in [0.25, 0.3) is 0 Å². The summed E-state index contributed by atoms with van der Waals surface area (Å²) in [4.78, 5) is 111. The molecule has 0 radical (unpaired) electrons. The SMILES string of the molecule is C=CC(=O)OCC(COC(=O)C=C)(COC(=O)C=C)COC(=O)NC1(NC(=O)OCC(COC(=O)C=C)(COC(=O)C=C)COC(=O)C=C)CC(=O)C=C(C)C1. The summed E-state index contributed by atoms with van der Waals surface area (Å²) in [6.07, 6.45) is 3.01. The minimum absolute atomic E-state index is 0.172. The average molecular weight is 789 g/mol. The maximum atomic E-state index is 13.4. The molecule has 1 aliphatic rings. The van der Waals surface area contributed by atoms with Crippen molar-refractivity contribution < 1.29 is 81.0 Å². The maximum Gasteiger partial charge on any atom is 0.409 e. The number of carbonyl (C=O) groups excluding carboxylic acids is 9. The first-order valence-corrected chi connectivity index (χ1v) is 16.3. The predicted molar refractivity (Wildman–Crippen MR) is 191 cm³/mol. The van der Waals surface area contributed by atoms with Gasteiger partial charge in [-0.25, -0.2) is 38.4 Å². The molecule has 1 aliphatic carbocycles. The molecular weight excluding hydrogens is 744 g/mol. The first kappa shape index (κ1) is 47.2. The Hall–Kier alpha value is -6.79. The number of carbonyl (C=O) groups is 9. The number of hydrogen-bond donors (Lipinski definition) is 2. The summed E-state index contributed by atoms with van der Waals surface area (Å²) in [7, 11) is 0. The molecule has 0 saturated carbocycles. The molecule has 0 aromatic heterocycles. The van der Waals surface area contributed by atoms with Gasteiger partial charge in [0.1, 0.15) is 69.3 Å². The molecule has 56 heavy (non-hydrogen) atoms. The molecule has 0 heterocycles. The van der Waals surface area contributed by atoms with Crippen molar-refractivity contribution in [2.45, 2.75) is 25.4 Å². The third-order valence-corrected chi connectivity index (χ3v) is 7.29. The molecular formula is C37H44N2O17. The van der Waals surface area contributed by atoms with Crippen molar-refractivity contribution in [1.82, 2.24) is 10.6 Å². The number of nitrogens with one attached hydrogen (secondary N) is 2. The van der Waals surface area contributed by atoms with E-state index in [0.29, 0.717) is 5.57 Å². The number of alkyl carbamates (subject to hydrolysis) is 2. The van der Waals surface area contributed by atoms with Gasteiger partial charge in [0.25, 0.3) is 0 Å². The molecule has 2 amide bonds. The Bertz CT molecular complexity index is 1410. The molecule has 304 valence electrons. The van der Waals surface area contributed by atoms with Crippen LogP contribution in [0.3, 0.4) is 0 Å². The lowest BCUT2D eigenvalue weighted by atomic mass is 9.88. The second-order valence-electron chi connectivity index (χ2n) is 12.2. The largest absolute Gasteiger partial charge is 0.462 e. The summed E-state index contributed by atoms with van der Waals surface area (Å²) >= 11 is 0. The fourth-order valence-corrected chi connectivity index (χ4v) is 4.52. The lowest BCUT2D eigenvalue weighted by Crippen LogP contribution is -2.63. The van der Waals surface area contributed by atoms with Crippen molar-refractivity contribution in [3.8, 4) is 0 Å². The zero-order valence-electron chi connectivity index (χ0n) is 30.8. The lowest BCUT2D eigenvalue weighted by Gasteiger charge is -2.38. The number of hydrogen-bond acceptors (Lipinski definition) is 17. The van der Waals surface area contributed by atoms with Crippen LogP contribution in [0.1, 0.15) is 19.8 Å². The van der Waals surface area contributed by atoms with E-state index in [1.54, 1.807) is 0 Å². The van der Waals surface area contributed by atoms with E-state index in [2.05, 4.69) is 50.1 Å². The van der Waals surface area contributed by atoms with E-state index in [4.69, 9.17) is 37.9 Å². The monoisotopic (exact) mass is 788 g/mol. The molecule has 1 rings (SSSR count). The van der Waals surface area contributed by atoms with E-state index in [1.807, 2.05) is 0 Å². The van der Waals surface area contributed by atoms with Gasteiger partial charge < -0.3 is 37.9 Å². The first-order chi connectivity index (χ1) is 26.4. The maximum absolute atomic E-state index is 13.4. The fraction of sp³-hybridized carbons (Fsp3) is 0.378. The lowest BCUT2D eigenvalue weighted by molar-refractivity contribution is -0.161. The molecule has 0 aromatic rings. The topological polar surface area (TPSA) is 252 Å². The highest BCUT2D eigenvalue weighted by molar-refractivity contribution is 5.93.